The van der Waals surface area contributed by atoms with Gasteiger partial charge in [-0.05, 0) is 36.4 Å². The summed E-state index contributed by atoms with van der Waals surface area (Å²) in [5.41, 5.74) is 0.940. The number of para-hydroxylation sites is 1. The Morgan fingerprint density at radius 3 is 2.05 bits per heavy atom. The molecular weight excluding hydrogens is 284 g/mol. The highest BCUT2D eigenvalue weighted by Gasteiger charge is 1.95. The second-order valence-electron chi connectivity index (χ2n) is 4.32. The van der Waals surface area contributed by atoms with Crippen molar-refractivity contribution in [2.75, 3.05) is 19.1 Å². The summed E-state index contributed by atoms with van der Waals surface area (Å²) in [5, 5.41) is 0. The molecule has 0 spiro atoms. The lowest BCUT2D eigenvalue weighted by Gasteiger charge is -2.08. The van der Waals surface area contributed by atoms with Crippen molar-refractivity contribution >= 4 is 11.6 Å². The number of rotatable bonds is 6. The van der Waals surface area contributed by atoms with Crippen LogP contribution in [0.3, 0.4) is 0 Å². The van der Waals surface area contributed by atoms with Crippen LogP contribution >= 0.6 is 11.6 Å². The van der Waals surface area contributed by atoms with Gasteiger partial charge in [0.2, 0.25) is 0 Å². The minimum absolute atomic E-state index is 0.347. The first kappa shape index (κ1) is 15.3. The first-order valence-corrected chi connectivity index (χ1v) is 7.37. The predicted molar refractivity (Wildman–Crippen MR) is 86.1 cm³/mol. The highest BCUT2D eigenvalue weighted by atomic mass is 35.5. The van der Waals surface area contributed by atoms with E-state index in [0.29, 0.717) is 19.1 Å². The van der Waals surface area contributed by atoms with Crippen LogP contribution in [0.25, 0.3) is 0 Å². The maximum absolute atomic E-state index is 5.65. The molecule has 0 saturated carbocycles. The van der Waals surface area contributed by atoms with Gasteiger partial charge in [0.25, 0.3) is 0 Å². The van der Waals surface area contributed by atoms with Gasteiger partial charge in [-0.2, -0.15) is 0 Å². The molecule has 2 nitrogen and oxygen atoms in total. The van der Waals surface area contributed by atoms with Crippen LogP contribution in [0.15, 0.2) is 54.6 Å². The van der Waals surface area contributed by atoms with Crippen molar-refractivity contribution in [1.82, 2.24) is 0 Å². The van der Waals surface area contributed by atoms with E-state index < -0.39 is 0 Å². The summed E-state index contributed by atoms with van der Waals surface area (Å²) in [4.78, 5) is 0. The maximum atomic E-state index is 5.65. The highest BCUT2D eigenvalue weighted by Crippen LogP contribution is 2.12. The fourth-order valence-electron chi connectivity index (χ4n) is 1.73. The first-order chi connectivity index (χ1) is 10.4. The van der Waals surface area contributed by atoms with Crippen LogP contribution in [-0.2, 0) is 0 Å². The summed E-state index contributed by atoms with van der Waals surface area (Å²) in [6.45, 7) is 1.27. The zero-order valence-electron chi connectivity index (χ0n) is 11.7. The molecule has 0 aliphatic heterocycles. The summed E-state index contributed by atoms with van der Waals surface area (Å²) in [6, 6.07) is 17.5. The largest absolute Gasteiger partial charge is 0.493 e. The Labute approximate surface area is 130 Å². The number of hydrogen-bond acceptors (Lipinski definition) is 2. The smallest absolute Gasteiger partial charge is 0.119 e. The molecule has 0 aliphatic carbocycles. The van der Waals surface area contributed by atoms with Crippen molar-refractivity contribution < 1.29 is 9.47 Å². The van der Waals surface area contributed by atoms with Crippen LogP contribution in [0, 0.1) is 11.8 Å². The number of alkyl halides is 1. The molecule has 0 bridgehead atoms. The van der Waals surface area contributed by atoms with Gasteiger partial charge in [0.05, 0.1) is 19.1 Å². The molecule has 0 saturated heterocycles. The van der Waals surface area contributed by atoms with E-state index in [1.165, 1.54) is 0 Å². The van der Waals surface area contributed by atoms with E-state index in [1.807, 2.05) is 54.6 Å². The van der Waals surface area contributed by atoms with Crippen molar-refractivity contribution in [3.05, 3.63) is 60.2 Å². The molecule has 0 heterocycles. The fraction of sp³-hybridized carbons (Fsp3) is 0.222. The molecule has 0 N–H and O–H groups in total. The molecule has 0 aliphatic rings. The van der Waals surface area contributed by atoms with Gasteiger partial charge < -0.3 is 9.47 Å². The Morgan fingerprint density at radius 2 is 1.43 bits per heavy atom. The van der Waals surface area contributed by atoms with E-state index in [-0.39, 0.29) is 0 Å². The predicted octanol–water partition coefficient (Wildman–Crippen LogP) is 4.12. The highest BCUT2D eigenvalue weighted by molar-refractivity contribution is 6.19. The standard InChI is InChI=1S/C18H17ClO2/c19-13-4-6-16-9-11-18(12-10-16)21-15-5-14-20-17-7-2-1-3-8-17/h1-3,7-12H,5,13-15H2. The lowest BCUT2D eigenvalue weighted by atomic mass is 10.2. The quantitative estimate of drug-likeness (QED) is 0.454. The SMILES string of the molecule is ClCC#Cc1ccc(OCCCOc2ccccc2)cc1. The molecule has 0 fully saturated rings. The Morgan fingerprint density at radius 1 is 0.810 bits per heavy atom. The summed E-state index contributed by atoms with van der Waals surface area (Å²) in [5.74, 6) is 7.85. The molecule has 3 heteroatoms. The molecule has 2 aromatic carbocycles. The average Bonchev–Trinajstić information content (AvgIpc) is 2.55. The van der Waals surface area contributed by atoms with Gasteiger partial charge in [0, 0.05) is 12.0 Å². The molecule has 108 valence electrons. The van der Waals surface area contributed by atoms with Crippen LogP contribution in [-0.4, -0.2) is 19.1 Å². The third-order valence-corrected chi connectivity index (χ3v) is 2.86. The average molecular weight is 301 g/mol. The van der Waals surface area contributed by atoms with Crippen molar-refractivity contribution in [3.63, 3.8) is 0 Å². The zero-order chi connectivity index (χ0) is 14.8. The van der Waals surface area contributed by atoms with Gasteiger partial charge in [-0.25, -0.2) is 0 Å². The second kappa shape index (κ2) is 8.94. The first-order valence-electron chi connectivity index (χ1n) is 6.84. The molecule has 0 atom stereocenters. The van der Waals surface area contributed by atoms with Crippen molar-refractivity contribution in [2.45, 2.75) is 6.42 Å². The number of benzene rings is 2. The van der Waals surface area contributed by atoms with Crippen LogP contribution in [0.1, 0.15) is 12.0 Å². The van der Waals surface area contributed by atoms with E-state index in [9.17, 15) is 0 Å². The maximum Gasteiger partial charge on any atom is 0.119 e. The van der Waals surface area contributed by atoms with Crippen LogP contribution < -0.4 is 9.47 Å². The second-order valence-corrected chi connectivity index (χ2v) is 4.59. The van der Waals surface area contributed by atoms with E-state index >= 15 is 0 Å². The minimum Gasteiger partial charge on any atom is -0.493 e. The van der Waals surface area contributed by atoms with E-state index in [1.54, 1.807) is 0 Å². The molecule has 0 radical (unpaired) electrons. The molecule has 0 aromatic heterocycles. The van der Waals surface area contributed by atoms with Gasteiger partial charge >= 0.3 is 0 Å². The molecule has 0 unspecified atom stereocenters. The summed E-state index contributed by atoms with van der Waals surface area (Å²) in [6.07, 6.45) is 0.836. The van der Waals surface area contributed by atoms with Gasteiger partial charge in [-0.1, -0.05) is 30.0 Å². The van der Waals surface area contributed by atoms with Gasteiger partial charge in [-0.3, -0.25) is 0 Å². The Bertz CT molecular complexity index is 582. The van der Waals surface area contributed by atoms with Crippen LogP contribution in [0.2, 0.25) is 0 Å². The monoisotopic (exact) mass is 300 g/mol. The van der Waals surface area contributed by atoms with Crippen molar-refractivity contribution in [1.29, 1.82) is 0 Å². The lowest BCUT2D eigenvalue weighted by molar-refractivity contribution is 0.247. The number of hydrogen-bond donors (Lipinski definition) is 0. The van der Waals surface area contributed by atoms with Crippen molar-refractivity contribution in [2.24, 2.45) is 0 Å². The normalized spacial score (nSPS) is 9.57. The number of ether oxygens (including phenoxy) is 2. The number of halogens is 1. The van der Waals surface area contributed by atoms with Crippen LogP contribution in [0.4, 0.5) is 0 Å². The minimum atomic E-state index is 0.347. The fourth-order valence-corrected chi connectivity index (χ4v) is 1.79. The lowest BCUT2D eigenvalue weighted by Crippen LogP contribution is -2.04. The summed E-state index contributed by atoms with van der Waals surface area (Å²) in [7, 11) is 0. The Balaban J connectivity index is 1.66. The third-order valence-electron chi connectivity index (χ3n) is 2.72. The van der Waals surface area contributed by atoms with Gasteiger partial charge in [-0.15, -0.1) is 11.6 Å². The summed E-state index contributed by atoms with van der Waals surface area (Å²) < 4.78 is 11.2. The molecule has 0 amide bonds. The molecule has 2 rings (SSSR count). The van der Waals surface area contributed by atoms with E-state index in [4.69, 9.17) is 21.1 Å². The zero-order valence-corrected chi connectivity index (χ0v) is 12.5. The Kier molecular flexibility index (Phi) is 6.51. The topological polar surface area (TPSA) is 18.5 Å². The summed E-state index contributed by atoms with van der Waals surface area (Å²) >= 11 is 5.52. The van der Waals surface area contributed by atoms with Gasteiger partial charge in [0.15, 0.2) is 0 Å². The van der Waals surface area contributed by atoms with Crippen LogP contribution in [0.5, 0.6) is 11.5 Å². The molecule has 2 aromatic rings. The molecule has 21 heavy (non-hydrogen) atoms. The Hall–Kier alpha value is -2.11. The van der Waals surface area contributed by atoms with Gasteiger partial charge in [0.1, 0.15) is 11.5 Å². The molecular formula is C18H17ClO2. The van der Waals surface area contributed by atoms with Crippen molar-refractivity contribution in [3.8, 4) is 23.3 Å². The van der Waals surface area contributed by atoms with E-state index in [2.05, 4.69) is 11.8 Å². The van der Waals surface area contributed by atoms with E-state index in [0.717, 1.165) is 23.5 Å². The third kappa shape index (κ3) is 5.81.